The Morgan fingerprint density at radius 1 is 1.15 bits per heavy atom. The van der Waals surface area contributed by atoms with Crippen LogP contribution in [0.1, 0.15) is 64.9 Å². The van der Waals surface area contributed by atoms with Crippen LogP contribution in [0.15, 0.2) is 23.1 Å². The summed E-state index contributed by atoms with van der Waals surface area (Å²) in [5.74, 6) is 1.15. The second kappa shape index (κ2) is 9.02. The van der Waals surface area contributed by atoms with Gasteiger partial charge in [0.05, 0.1) is 10.3 Å². The average molecular weight is 476 g/mol. The average Bonchev–Trinajstić information content (AvgIpc) is 2.97. The van der Waals surface area contributed by atoms with Gasteiger partial charge in [-0.2, -0.15) is 0 Å². The van der Waals surface area contributed by atoms with Crippen molar-refractivity contribution in [3.8, 4) is 0 Å². The molecule has 1 saturated heterocycles. The third-order valence-corrected chi connectivity index (χ3v) is 9.30. The molecule has 2 heterocycles. The molecule has 1 aliphatic carbocycles. The summed E-state index contributed by atoms with van der Waals surface area (Å²) >= 11 is 0. The van der Waals surface area contributed by atoms with Crippen LogP contribution < -0.4 is 9.62 Å². The van der Waals surface area contributed by atoms with Gasteiger partial charge in [0.15, 0.2) is 0 Å². The zero-order chi connectivity index (χ0) is 24.0. The lowest BCUT2D eigenvalue weighted by atomic mass is 9.81. The minimum atomic E-state index is -3.67. The van der Waals surface area contributed by atoms with E-state index < -0.39 is 15.4 Å². The summed E-state index contributed by atoms with van der Waals surface area (Å²) in [7, 11) is -1.96. The number of benzene rings is 1. The summed E-state index contributed by atoms with van der Waals surface area (Å²) in [5.41, 5.74) is 0.756. The SMILES string of the molecule is CC1CCCN(C(=O)C2CCC(CNS(=O)(=O)c3ccc4c(c3)C(C)(C)C(=O)N4C)CC2)C1. The quantitative estimate of drug-likeness (QED) is 0.708. The van der Waals surface area contributed by atoms with E-state index >= 15 is 0 Å². The van der Waals surface area contributed by atoms with E-state index in [-0.39, 0.29) is 22.6 Å². The van der Waals surface area contributed by atoms with E-state index in [2.05, 4.69) is 11.6 Å². The number of hydrogen-bond acceptors (Lipinski definition) is 4. The summed E-state index contributed by atoms with van der Waals surface area (Å²) in [6.07, 6.45) is 5.67. The van der Waals surface area contributed by atoms with Crippen LogP contribution in [0.3, 0.4) is 0 Å². The maximum atomic E-state index is 13.0. The summed E-state index contributed by atoms with van der Waals surface area (Å²) in [4.78, 5) is 29.2. The molecule has 182 valence electrons. The molecule has 33 heavy (non-hydrogen) atoms. The Bertz CT molecular complexity index is 1030. The smallest absolute Gasteiger partial charge is 0.240 e. The summed E-state index contributed by atoms with van der Waals surface area (Å²) in [6.45, 7) is 7.99. The van der Waals surface area contributed by atoms with Crippen molar-refractivity contribution in [3.63, 3.8) is 0 Å². The predicted molar refractivity (Wildman–Crippen MR) is 128 cm³/mol. The third-order valence-electron chi connectivity index (χ3n) is 7.88. The lowest BCUT2D eigenvalue weighted by Gasteiger charge is -2.36. The van der Waals surface area contributed by atoms with Crippen molar-refractivity contribution in [2.75, 3.05) is 31.6 Å². The van der Waals surface area contributed by atoms with E-state index in [0.717, 1.165) is 56.4 Å². The summed E-state index contributed by atoms with van der Waals surface area (Å²) < 4.78 is 28.8. The molecule has 1 unspecified atom stereocenters. The molecule has 2 fully saturated rings. The highest BCUT2D eigenvalue weighted by Crippen LogP contribution is 2.41. The fraction of sp³-hybridized carbons (Fsp3) is 0.680. The van der Waals surface area contributed by atoms with Gasteiger partial charge in [0, 0.05) is 38.3 Å². The van der Waals surface area contributed by atoms with E-state index in [1.54, 1.807) is 30.1 Å². The van der Waals surface area contributed by atoms with Gasteiger partial charge in [-0.15, -0.1) is 0 Å². The van der Waals surface area contributed by atoms with Gasteiger partial charge < -0.3 is 9.80 Å². The van der Waals surface area contributed by atoms with E-state index in [0.29, 0.717) is 18.4 Å². The van der Waals surface area contributed by atoms with Crippen LogP contribution in [0.25, 0.3) is 0 Å². The van der Waals surface area contributed by atoms with Crippen molar-refractivity contribution in [1.29, 1.82) is 0 Å². The number of amides is 2. The van der Waals surface area contributed by atoms with Gasteiger partial charge in [-0.05, 0) is 88.0 Å². The van der Waals surface area contributed by atoms with Crippen LogP contribution in [-0.4, -0.2) is 51.8 Å². The van der Waals surface area contributed by atoms with Gasteiger partial charge in [0.25, 0.3) is 0 Å². The molecule has 3 aliphatic rings. The molecule has 0 bridgehead atoms. The number of nitrogens with zero attached hydrogens (tertiary/aromatic N) is 2. The molecule has 2 amide bonds. The molecule has 8 heteroatoms. The van der Waals surface area contributed by atoms with Gasteiger partial charge in [-0.1, -0.05) is 6.92 Å². The molecule has 7 nitrogen and oxygen atoms in total. The summed E-state index contributed by atoms with van der Waals surface area (Å²) in [5, 5.41) is 0. The first-order valence-corrected chi connectivity index (χ1v) is 13.7. The molecule has 0 spiro atoms. The summed E-state index contributed by atoms with van der Waals surface area (Å²) in [6, 6.07) is 4.92. The normalized spacial score (nSPS) is 27.5. The second-order valence-electron chi connectivity index (χ2n) is 10.8. The van der Waals surface area contributed by atoms with Crippen LogP contribution in [0.4, 0.5) is 5.69 Å². The molecular formula is C25H37N3O4S. The minimum absolute atomic E-state index is 0.0367. The number of hydrogen-bond donors (Lipinski definition) is 1. The minimum Gasteiger partial charge on any atom is -0.342 e. The molecule has 1 aromatic carbocycles. The van der Waals surface area contributed by atoms with Gasteiger partial charge in [-0.3, -0.25) is 9.59 Å². The number of likely N-dealkylation sites (tertiary alicyclic amines) is 1. The zero-order valence-corrected chi connectivity index (χ0v) is 21.1. The maximum absolute atomic E-state index is 13.0. The van der Waals surface area contributed by atoms with Crippen LogP contribution in [-0.2, 0) is 25.0 Å². The van der Waals surface area contributed by atoms with Crippen molar-refractivity contribution in [1.82, 2.24) is 9.62 Å². The van der Waals surface area contributed by atoms with Crippen molar-refractivity contribution < 1.29 is 18.0 Å². The number of anilines is 1. The van der Waals surface area contributed by atoms with Gasteiger partial charge in [0.2, 0.25) is 21.8 Å². The first kappa shape index (κ1) is 24.2. The van der Waals surface area contributed by atoms with Crippen molar-refractivity contribution in [2.45, 2.75) is 69.6 Å². The van der Waals surface area contributed by atoms with Crippen molar-refractivity contribution in [2.24, 2.45) is 17.8 Å². The van der Waals surface area contributed by atoms with Crippen LogP contribution in [0, 0.1) is 17.8 Å². The number of piperidine rings is 1. The Morgan fingerprint density at radius 2 is 1.85 bits per heavy atom. The molecule has 2 aliphatic heterocycles. The van der Waals surface area contributed by atoms with E-state index in [9.17, 15) is 18.0 Å². The lowest BCUT2D eigenvalue weighted by molar-refractivity contribution is -0.138. The molecule has 1 N–H and O–H groups in total. The molecule has 4 rings (SSSR count). The number of carbonyl (C=O) groups is 2. The Hall–Kier alpha value is -1.93. The number of sulfonamides is 1. The van der Waals surface area contributed by atoms with Crippen LogP contribution >= 0.6 is 0 Å². The predicted octanol–water partition coefficient (Wildman–Crippen LogP) is 3.28. The number of carbonyl (C=O) groups excluding carboxylic acids is 2. The molecule has 1 aromatic rings. The Labute approximate surface area is 198 Å². The molecule has 0 radical (unpaired) electrons. The van der Waals surface area contributed by atoms with Crippen LogP contribution in [0.5, 0.6) is 0 Å². The fourth-order valence-electron chi connectivity index (χ4n) is 5.69. The standard InChI is InChI=1S/C25H37N3O4S/c1-17-6-5-13-28(16-17)23(29)19-9-7-18(8-10-19)15-26-33(31,32)20-11-12-22-21(14-20)25(2,3)24(30)27(22)4/h11-12,14,17-19,26H,5-10,13,15-16H2,1-4H3. The third kappa shape index (κ3) is 4.69. The van der Waals surface area contributed by atoms with Gasteiger partial charge in [0.1, 0.15) is 0 Å². The highest BCUT2D eigenvalue weighted by Gasteiger charge is 2.42. The molecular weight excluding hydrogens is 438 g/mol. The second-order valence-corrected chi connectivity index (χ2v) is 12.5. The molecule has 1 atom stereocenters. The highest BCUT2D eigenvalue weighted by molar-refractivity contribution is 7.89. The first-order chi connectivity index (χ1) is 15.5. The maximum Gasteiger partial charge on any atom is 0.240 e. The van der Waals surface area contributed by atoms with E-state index in [4.69, 9.17) is 0 Å². The number of nitrogens with one attached hydrogen (secondary N) is 1. The topological polar surface area (TPSA) is 86.8 Å². The fourth-order valence-corrected chi connectivity index (χ4v) is 6.83. The van der Waals surface area contributed by atoms with Crippen molar-refractivity contribution in [3.05, 3.63) is 23.8 Å². The first-order valence-electron chi connectivity index (χ1n) is 12.2. The Morgan fingerprint density at radius 3 is 2.52 bits per heavy atom. The molecule has 1 saturated carbocycles. The van der Waals surface area contributed by atoms with Gasteiger partial charge in [-0.25, -0.2) is 13.1 Å². The van der Waals surface area contributed by atoms with Gasteiger partial charge >= 0.3 is 0 Å². The Kier molecular flexibility index (Phi) is 6.62. The number of rotatable bonds is 5. The largest absolute Gasteiger partial charge is 0.342 e. The zero-order valence-electron chi connectivity index (χ0n) is 20.3. The lowest BCUT2D eigenvalue weighted by Crippen LogP contribution is -2.43. The molecule has 0 aromatic heterocycles. The highest BCUT2D eigenvalue weighted by atomic mass is 32.2. The number of fused-ring (bicyclic) bond motifs is 1. The van der Waals surface area contributed by atoms with Crippen LogP contribution in [0.2, 0.25) is 0 Å². The van der Waals surface area contributed by atoms with E-state index in [1.807, 2.05) is 18.7 Å². The van der Waals surface area contributed by atoms with E-state index in [1.165, 1.54) is 6.42 Å². The van der Waals surface area contributed by atoms with Crippen molar-refractivity contribution >= 4 is 27.5 Å². The Balaban J connectivity index is 1.33. The monoisotopic (exact) mass is 475 g/mol. The number of likely N-dealkylation sites (N-methyl/N-ethyl adjacent to an activating group) is 1.